The number of hydrogen-bond donors (Lipinski definition) is 1. The topological polar surface area (TPSA) is 20.2 Å². The van der Waals surface area contributed by atoms with Crippen molar-refractivity contribution in [2.24, 2.45) is 0 Å². The van der Waals surface area contributed by atoms with E-state index in [2.05, 4.69) is 13.0 Å². The molecule has 1 nitrogen and oxygen atoms in total. The number of aryl methyl sites for hydroxylation is 1. The Labute approximate surface area is 55.0 Å². The van der Waals surface area contributed by atoms with E-state index >= 15 is 0 Å². The van der Waals surface area contributed by atoms with Gasteiger partial charge in [-0.25, -0.2) is 0 Å². The van der Waals surface area contributed by atoms with Crippen LogP contribution >= 0.6 is 0 Å². The molecule has 9 heavy (non-hydrogen) atoms. The average Bonchev–Trinajstić information content (AvgIpc) is 1.90. The molecule has 1 rings (SSSR count). The molecule has 1 aromatic carbocycles. The zero-order valence-corrected chi connectivity index (χ0v) is 5.39. The van der Waals surface area contributed by atoms with E-state index < -0.39 is 0 Å². The summed E-state index contributed by atoms with van der Waals surface area (Å²) in [7, 11) is 0. The molecule has 1 radical (unpaired) electrons. The summed E-state index contributed by atoms with van der Waals surface area (Å²) < 4.78 is 0. The van der Waals surface area contributed by atoms with Gasteiger partial charge in [0.25, 0.3) is 0 Å². The minimum atomic E-state index is 0.284. The molecule has 0 aliphatic heterocycles. The highest BCUT2D eigenvalue weighted by atomic mass is 16.3. The minimum absolute atomic E-state index is 0.284. The van der Waals surface area contributed by atoms with Crippen molar-refractivity contribution < 1.29 is 5.11 Å². The van der Waals surface area contributed by atoms with E-state index in [0.717, 1.165) is 12.0 Å². The van der Waals surface area contributed by atoms with E-state index in [1.54, 1.807) is 12.1 Å². The monoisotopic (exact) mass is 121 g/mol. The number of aromatic hydroxyl groups is 1. The molecule has 0 aliphatic carbocycles. The van der Waals surface area contributed by atoms with Crippen molar-refractivity contribution in [2.45, 2.75) is 13.3 Å². The molecule has 0 spiro atoms. The standard InChI is InChI=1S/C8H9O/c1-2-7-3-5-8(9)6-4-7/h3,5-6,9H,2H2,1H3. The van der Waals surface area contributed by atoms with Gasteiger partial charge in [0.2, 0.25) is 0 Å². The molecule has 1 aromatic rings. The van der Waals surface area contributed by atoms with Crippen LogP contribution in [0.3, 0.4) is 0 Å². The van der Waals surface area contributed by atoms with Gasteiger partial charge in [0.05, 0.1) is 0 Å². The smallest absolute Gasteiger partial charge is 0.116 e. The van der Waals surface area contributed by atoms with E-state index in [-0.39, 0.29) is 5.75 Å². The predicted octanol–water partition coefficient (Wildman–Crippen LogP) is 1.75. The number of phenolic OH excluding ortho intramolecular Hbond substituents is 1. The van der Waals surface area contributed by atoms with Gasteiger partial charge in [-0.1, -0.05) is 13.0 Å². The molecular formula is C8H9O. The van der Waals surface area contributed by atoms with Crippen LogP contribution in [0.4, 0.5) is 0 Å². The molecule has 0 aliphatic rings. The molecule has 0 saturated heterocycles. The molecule has 0 fully saturated rings. The second-order valence-corrected chi connectivity index (χ2v) is 1.93. The van der Waals surface area contributed by atoms with Gasteiger partial charge in [0.15, 0.2) is 0 Å². The fourth-order valence-electron chi connectivity index (χ4n) is 0.669. The van der Waals surface area contributed by atoms with E-state index in [1.807, 2.05) is 6.07 Å². The Bertz CT molecular complexity index is 176. The Morgan fingerprint density at radius 3 is 2.78 bits per heavy atom. The largest absolute Gasteiger partial charge is 0.508 e. The van der Waals surface area contributed by atoms with Crippen LogP contribution in [-0.2, 0) is 6.42 Å². The number of rotatable bonds is 1. The molecule has 0 amide bonds. The summed E-state index contributed by atoms with van der Waals surface area (Å²) in [5, 5.41) is 8.82. The molecule has 0 saturated carbocycles. The predicted molar refractivity (Wildman–Crippen MR) is 36.3 cm³/mol. The van der Waals surface area contributed by atoms with E-state index in [0.29, 0.717) is 0 Å². The van der Waals surface area contributed by atoms with Crippen molar-refractivity contribution in [2.75, 3.05) is 0 Å². The number of phenols is 1. The third-order valence-electron chi connectivity index (χ3n) is 1.24. The maximum atomic E-state index is 8.82. The summed E-state index contributed by atoms with van der Waals surface area (Å²) >= 11 is 0. The first-order chi connectivity index (χ1) is 4.33. The fraction of sp³-hybridized carbons (Fsp3) is 0.250. The summed E-state index contributed by atoms with van der Waals surface area (Å²) in [5.41, 5.74) is 1.13. The van der Waals surface area contributed by atoms with Crippen LogP contribution in [-0.4, -0.2) is 5.11 Å². The van der Waals surface area contributed by atoms with Gasteiger partial charge in [-0.3, -0.25) is 0 Å². The number of benzene rings is 1. The highest BCUT2D eigenvalue weighted by Crippen LogP contribution is 2.08. The Hall–Kier alpha value is -0.980. The zero-order chi connectivity index (χ0) is 6.69. The minimum Gasteiger partial charge on any atom is -0.508 e. The molecule has 1 heteroatoms. The maximum Gasteiger partial charge on any atom is 0.116 e. The molecular weight excluding hydrogens is 112 g/mol. The first kappa shape index (κ1) is 6.14. The highest BCUT2D eigenvalue weighted by Gasteiger charge is 1.87. The van der Waals surface area contributed by atoms with Gasteiger partial charge in [0.1, 0.15) is 5.75 Å². The highest BCUT2D eigenvalue weighted by molar-refractivity contribution is 5.24. The molecule has 1 N–H and O–H groups in total. The van der Waals surface area contributed by atoms with Crippen molar-refractivity contribution >= 4 is 0 Å². The van der Waals surface area contributed by atoms with Crippen LogP contribution in [0.25, 0.3) is 0 Å². The van der Waals surface area contributed by atoms with Gasteiger partial charge in [-0.05, 0) is 30.2 Å². The summed E-state index contributed by atoms with van der Waals surface area (Å²) in [6.07, 6.45) is 0.972. The normalized spacial score (nSPS) is 9.44. The van der Waals surface area contributed by atoms with E-state index in [4.69, 9.17) is 5.11 Å². The Kier molecular flexibility index (Phi) is 1.73. The lowest BCUT2D eigenvalue weighted by molar-refractivity contribution is 0.475. The van der Waals surface area contributed by atoms with Gasteiger partial charge < -0.3 is 5.11 Å². The fourth-order valence-corrected chi connectivity index (χ4v) is 0.669. The lowest BCUT2D eigenvalue weighted by Crippen LogP contribution is -1.76. The zero-order valence-electron chi connectivity index (χ0n) is 5.39. The molecule has 0 atom stereocenters. The Morgan fingerprint density at radius 2 is 2.33 bits per heavy atom. The average molecular weight is 121 g/mol. The van der Waals surface area contributed by atoms with Crippen LogP contribution < -0.4 is 0 Å². The summed E-state index contributed by atoms with van der Waals surface area (Å²) in [6, 6.07) is 8.06. The first-order valence-corrected chi connectivity index (χ1v) is 3.02. The van der Waals surface area contributed by atoms with Gasteiger partial charge in [0, 0.05) is 0 Å². The third-order valence-corrected chi connectivity index (χ3v) is 1.24. The Balaban J connectivity index is 2.88. The molecule has 0 bridgehead atoms. The first-order valence-electron chi connectivity index (χ1n) is 3.02. The second kappa shape index (κ2) is 2.53. The van der Waals surface area contributed by atoms with Crippen LogP contribution in [0.15, 0.2) is 18.2 Å². The van der Waals surface area contributed by atoms with Gasteiger partial charge in [-0.15, -0.1) is 0 Å². The maximum absolute atomic E-state index is 8.82. The lowest BCUT2D eigenvalue weighted by atomic mass is 10.2. The molecule has 47 valence electrons. The van der Waals surface area contributed by atoms with Crippen molar-refractivity contribution in [3.63, 3.8) is 0 Å². The van der Waals surface area contributed by atoms with Gasteiger partial charge >= 0.3 is 0 Å². The van der Waals surface area contributed by atoms with E-state index in [1.165, 1.54) is 0 Å². The van der Waals surface area contributed by atoms with Crippen molar-refractivity contribution in [3.8, 4) is 5.75 Å². The van der Waals surface area contributed by atoms with Crippen LogP contribution in [0.5, 0.6) is 5.75 Å². The Morgan fingerprint density at radius 1 is 1.56 bits per heavy atom. The van der Waals surface area contributed by atoms with Crippen molar-refractivity contribution in [3.05, 3.63) is 29.8 Å². The van der Waals surface area contributed by atoms with Gasteiger partial charge in [-0.2, -0.15) is 0 Å². The molecule has 0 heterocycles. The summed E-state index contributed by atoms with van der Waals surface area (Å²) in [4.78, 5) is 0. The number of hydrogen-bond acceptors (Lipinski definition) is 1. The van der Waals surface area contributed by atoms with Crippen LogP contribution in [0.2, 0.25) is 0 Å². The van der Waals surface area contributed by atoms with Crippen LogP contribution in [0.1, 0.15) is 12.5 Å². The summed E-state index contributed by atoms with van der Waals surface area (Å²) in [6.45, 7) is 2.06. The summed E-state index contributed by atoms with van der Waals surface area (Å²) in [5.74, 6) is 0.284. The van der Waals surface area contributed by atoms with Crippen LogP contribution in [0, 0.1) is 6.07 Å². The molecule has 0 unspecified atom stereocenters. The third kappa shape index (κ3) is 1.46. The SMILES string of the molecule is CCc1[c]cc(O)cc1. The quantitative estimate of drug-likeness (QED) is 0.600. The van der Waals surface area contributed by atoms with Crippen molar-refractivity contribution in [1.29, 1.82) is 0 Å². The lowest BCUT2D eigenvalue weighted by Gasteiger charge is -1.92. The second-order valence-electron chi connectivity index (χ2n) is 1.93. The van der Waals surface area contributed by atoms with E-state index in [9.17, 15) is 0 Å². The molecule has 0 aromatic heterocycles. The van der Waals surface area contributed by atoms with Crippen molar-refractivity contribution in [1.82, 2.24) is 0 Å².